The second-order valence-corrected chi connectivity index (χ2v) is 6.86. The van der Waals surface area contributed by atoms with Crippen LogP contribution in [0.2, 0.25) is 0 Å². The highest BCUT2D eigenvalue weighted by Gasteiger charge is 2.10. The van der Waals surface area contributed by atoms with Crippen LogP contribution < -0.4 is 9.54 Å². The minimum absolute atomic E-state index is 0.239. The highest BCUT2D eigenvalue weighted by atomic mass is 32.1. The van der Waals surface area contributed by atoms with Gasteiger partial charge in [-0.3, -0.25) is 4.99 Å². The zero-order valence-electron chi connectivity index (χ0n) is 16.0. The van der Waals surface area contributed by atoms with Gasteiger partial charge in [0.25, 0.3) is 0 Å². The fraction of sp³-hybridized carbons (Fsp3) is 0.182. The summed E-state index contributed by atoms with van der Waals surface area (Å²) in [6, 6.07) is 15.0. The van der Waals surface area contributed by atoms with Crippen molar-refractivity contribution in [2.45, 2.75) is 13.3 Å². The number of hydrogen-bond donors (Lipinski definition) is 1. The highest BCUT2D eigenvalue weighted by Crippen LogP contribution is 2.23. The standard InChI is InChI=1S/C22H23N3O2S/c1-4-14-23-22-25(24-20(5-2)16-6-10-18(26)11-7-16)21(15-28-22)17-8-12-19(27-3)13-9-17/h4,6-13,15,26H,1,5,14H2,2-3H3. The molecule has 0 amide bonds. The van der Waals surface area contributed by atoms with Gasteiger partial charge in [0.2, 0.25) is 4.80 Å². The lowest BCUT2D eigenvalue weighted by molar-refractivity contribution is 0.415. The average Bonchev–Trinajstić information content (AvgIpc) is 3.13. The molecule has 1 heterocycles. The summed E-state index contributed by atoms with van der Waals surface area (Å²) in [5.41, 5.74) is 3.87. The quantitative estimate of drug-likeness (QED) is 0.468. The van der Waals surface area contributed by atoms with Crippen molar-refractivity contribution in [3.8, 4) is 22.8 Å². The molecular weight excluding hydrogens is 370 g/mol. The van der Waals surface area contributed by atoms with Gasteiger partial charge in [-0.1, -0.05) is 13.0 Å². The molecule has 1 N–H and O–H groups in total. The summed E-state index contributed by atoms with van der Waals surface area (Å²) < 4.78 is 7.14. The number of aromatic nitrogens is 1. The van der Waals surface area contributed by atoms with E-state index in [-0.39, 0.29) is 5.75 Å². The largest absolute Gasteiger partial charge is 0.508 e. The molecule has 144 valence electrons. The third-order valence-electron chi connectivity index (χ3n) is 4.18. The summed E-state index contributed by atoms with van der Waals surface area (Å²) in [6.07, 6.45) is 2.51. The van der Waals surface area contributed by atoms with Gasteiger partial charge in [-0.2, -0.15) is 5.10 Å². The number of phenolic OH excluding ortho intramolecular Hbond substituents is 1. The van der Waals surface area contributed by atoms with Crippen LogP contribution in [0.1, 0.15) is 18.9 Å². The Bertz CT molecular complexity index is 1030. The summed E-state index contributed by atoms with van der Waals surface area (Å²) in [7, 11) is 1.65. The van der Waals surface area contributed by atoms with Crippen molar-refractivity contribution in [1.29, 1.82) is 0 Å². The van der Waals surface area contributed by atoms with Gasteiger partial charge in [0.15, 0.2) is 0 Å². The number of methoxy groups -OCH3 is 1. The van der Waals surface area contributed by atoms with Crippen LogP contribution in [0.25, 0.3) is 11.3 Å². The topological polar surface area (TPSA) is 59.1 Å². The van der Waals surface area contributed by atoms with Crippen molar-refractivity contribution >= 4 is 17.0 Å². The molecule has 0 aliphatic heterocycles. The molecule has 0 unspecified atom stereocenters. The van der Waals surface area contributed by atoms with Crippen LogP contribution in [-0.2, 0) is 0 Å². The minimum Gasteiger partial charge on any atom is -0.508 e. The predicted octanol–water partition coefficient (Wildman–Crippen LogP) is 4.68. The lowest BCUT2D eigenvalue weighted by Crippen LogP contribution is -2.15. The van der Waals surface area contributed by atoms with Gasteiger partial charge in [-0.05, 0) is 60.5 Å². The van der Waals surface area contributed by atoms with E-state index in [1.54, 1.807) is 36.7 Å². The number of hydrogen-bond acceptors (Lipinski definition) is 5. The lowest BCUT2D eigenvalue weighted by Gasteiger charge is -2.09. The molecule has 1 aromatic heterocycles. The van der Waals surface area contributed by atoms with Crippen LogP contribution in [0.5, 0.6) is 11.5 Å². The van der Waals surface area contributed by atoms with Gasteiger partial charge in [-0.15, -0.1) is 17.9 Å². The van der Waals surface area contributed by atoms with E-state index >= 15 is 0 Å². The van der Waals surface area contributed by atoms with E-state index in [1.165, 1.54) is 0 Å². The maximum Gasteiger partial charge on any atom is 0.206 e. The Morgan fingerprint density at radius 3 is 2.50 bits per heavy atom. The summed E-state index contributed by atoms with van der Waals surface area (Å²) in [5, 5.41) is 16.5. The maximum absolute atomic E-state index is 9.57. The van der Waals surface area contributed by atoms with Gasteiger partial charge in [-0.25, -0.2) is 4.68 Å². The second kappa shape index (κ2) is 9.19. The van der Waals surface area contributed by atoms with E-state index in [9.17, 15) is 5.11 Å². The molecule has 28 heavy (non-hydrogen) atoms. The van der Waals surface area contributed by atoms with E-state index in [1.807, 2.05) is 41.1 Å². The number of thiazole rings is 1. The van der Waals surface area contributed by atoms with Crippen molar-refractivity contribution in [2.24, 2.45) is 10.1 Å². The van der Waals surface area contributed by atoms with Crippen molar-refractivity contribution in [2.75, 3.05) is 13.7 Å². The molecule has 0 aliphatic carbocycles. The zero-order valence-corrected chi connectivity index (χ0v) is 16.8. The normalized spacial score (nSPS) is 12.2. The number of benzene rings is 2. The molecule has 0 saturated carbocycles. The molecule has 3 aromatic rings. The molecule has 2 aromatic carbocycles. The van der Waals surface area contributed by atoms with Gasteiger partial charge < -0.3 is 9.84 Å². The third kappa shape index (κ3) is 4.40. The smallest absolute Gasteiger partial charge is 0.206 e. The van der Waals surface area contributed by atoms with E-state index < -0.39 is 0 Å². The third-order valence-corrected chi connectivity index (χ3v) is 5.04. The van der Waals surface area contributed by atoms with E-state index in [0.29, 0.717) is 6.54 Å². The van der Waals surface area contributed by atoms with E-state index in [2.05, 4.69) is 23.9 Å². The lowest BCUT2D eigenvalue weighted by atomic mass is 10.1. The Morgan fingerprint density at radius 2 is 1.89 bits per heavy atom. The molecule has 3 rings (SSSR count). The Hall–Kier alpha value is -3.12. The first-order chi connectivity index (χ1) is 13.7. The number of ether oxygens (including phenoxy) is 1. The summed E-state index contributed by atoms with van der Waals surface area (Å²) in [6.45, 7) is 6.34. The molecule has 6 heteroatoms. The number of rotatable bonds is 7. The molecule has 0 aliphatic rings. The number of phenols is 1. The Balaban J connectivity index is 2.14. The zero-order chi connectivity index (χ0) is 19.9. The fourth-order valence-electron chi connectivity index (χ4n) is 2.71. The minimum atomic E-state index is 0.239. The molecule has 0 spiro atoms. The number of aromatic hydroxyl groups is 1. The highest BCUT2D eigenvalue weighted by molar-refractivity contribution is 7.07. The Kier molecular flexibility index (Phi) is 6.45. The van der Waals surface area contributed by atoms with Crippen molar-refractivity contribution in [1.82, 2.24) is 4.68 Å². The molecule has 5 nitrogen and oxygen atoms in total. The average molecular weight is 394 g/mol. The van der Waals surface area contributed by atoms with E-state index in [4.69, 9.17) is 9.84 Å². The maximum atomic E-state index is 9.57. The molecule has 0 fully saturated rings. The van der Waals surface area contributed by atoms with E-state index in [0.717, 1.165) is 39.5 Å². The first kappa shape index (κ1) is 19.6. The van der Waals surface area contributed by atoms with Gasteiger partial charge in [0.1, 0.15) is 11.5 Å². The van der Waals surface area contributed by atoms with Crippen molar-refractivity contribution in [3.63, 3.8) is 0 Å². The van der Waals surface area contributed by atoms with Gasteiger partial charge >= 0.3 is 0 Å². The van der Waals surface area contributed by atoms with Crippen molar-refractivity contribution < 1.29 is 9.84 Å². The molecular formula is C22H23N3O2S. The molecule has 0 radical (unpaired) electrons. The van der Waals surface area contributed by atoms with Crippen molar-refractivity contribution in [3.05, 3.63) is 76.9 Å². The van der Waals surface area contributed by atoms with Crippen LogP contribution >= 0.6 is 11.3 Å². The summed E-state index contributed by atoms with van der Waals surface area (Å²) >= 11 is 1.54. The molecule has 0 bridgehead atoms. The first-order valence-corrected chi connectivity index (χ1v) is 9.87. The van der Waals surface area contributed by atoms with Crippen LogP contribution in [0, 0.1) is 0 Å². The molecule has 0 atom stereocenters. The predicted molar refractivity (Wildman–Crippen MR) is 115 cm³/mol. The van der Waals surface area contributed by atoms with Crippen LogP contribution in [0.4, 0.5) is 0 Å². The SMILES string of the molecule is C=CCN=c1scc(-c2ccc(OC)cc2)n1N=C(CC)c1ccc(O)cc1. The Labute approximate surface area is 168 Å². The van der Waals surface area contributed by atoms with Gasteiger partial charge in [0, 0.05) is 10.9 Å². The monoisotopic (exact) mass is 393 g/mol. The second-order valence-electron chi connectivity index (χ2n) is 6.02. The van der Waals surface area contributed by atoms with Gasteiger partial charge in [0.05, 0.1) is 25.1 Å². The number of nitrogens with zero attached hydrogens (tertiary/aromatic N) is 3. The Morgan fingerprint density at radius 1 is 1.18 bits per heavy atom. The fourth-order valence-corrected chi connectivity index (χ4v) is 3.56. The first-order valence-electron chi connectivity index (χ1n) is 9.00. The molecule has 0 saturated heterocycles. The van der Waals surface area contributed by atoms with Crippen LogP contribution in [0.3, 0.4) is 0 Å². The van der Waals surface area contributed by atoms with Crippen LogP contribution in [-0.4, -0.2) is 29.1 Å². The van der Waals surface area contributed by atoms with Crippen LogP contribution in [0.15, 0.2) is 76.7 Å². The summed E-state index contributed by atoms with van der Waals surface area (Å²) in [5.74, 6) is 1.05. The summed E-state index contributed by atoms with van der Waals surface area (Å²) in [4.78, 5) is 5.39.